The Labute approximate surface area is 99.0 Å². The van der Waals surface area contributed by atoms with E-state index in [-0.39, 0.29) is 0 Å². The van der Waals surface area contributed by atoms with Crippen molar-refractivity contribution in [3.05, 3.63) is 0 Å². The molecule has 0 radical (unpaired) electrons. The zero-order valence-corrected chi connectivity index (χ0v) is 10.6. The SMILES string of the molecule is CCCCN(CCCC)CCCNC(=O)[O-]. The minimum absolute atomic E-state index is 0.497. The molecule has 1 amide bonds. The van der Waals surface area contributed by atoms with Gasteiger partial charge in [0.25, 0.3) is 0 Å². The highest BCUT2D eigenvalue weighted by atomic mass is 16.4. The number of nitrogens with zero attached hydrogens (tertiary/aromatic N) is 1. The summed E-state index contributed by atoms with van der Waals surface area (Å²) in [5.74, 6) is 0. The van der Waals surface area contributed by atoms with Crippen molar-refractivity contribution in [1.29, 1.82) is 0 Å². The molecule has 0 saturated carbocycles. The van der Waals surface area contributed by atoms with E-state index >= 15 is 0 Å². The first-order valence-corrected chi connectivity index (χ1v) is 6.37. The Bertz CT molecular complexity index is 166. The zero-order valence-electron chi connectivity index (χ0n) is 10.6. The van der Waals surface area contributed by atoms with Crippen LogP contribution in [0.1, 0.15) is 46.0 Å². The van der Waals surface area contributed by atoms with E-state index in [9.17, 15) is 9.90 Å². The summed E-state index contributed by atoms with van der Waals surface area (Å²) in [6, 6.07) is 0. The van der Waals surface area contributed by atoms with Crippen LogP contribution < -0.4 is 10.4 Å². The summed E-state index contributed by atoms with van der Waals surface area (Å²) >= 11 is 0. The van der Waals surface area contributed by atoms with Crippen molar-refractivity contribution in [3.63, 3.8) is 0 Å². The molecule has 96 valence electrons. The molecule has 0 bridgehead atoms. The lowest BCUT2D eigenvalue weighted by atomic mass is 10.2. The van der Waals surface area contributed by atoms with Crippen molar-refractivity contribution in [2.75, 3.05) is 26.2 Å². The van der Waals surface area contributed by atoms with Crippen molar-refractivity contribution < 1.29 is 9.90 Å². The number of carbonyl (C=O) groups excluding carboxylic acids is 1. The fourth-order valence-corrected chi connectivity index (χ4v) is 1.59. The second-order valence-corrected chi connectivity index (χ2v) is 4.12. The van der Waals surface area contributed by atoms with Gasteiger partial charge in [-0.2, -0.15) is 0 Å². The minimum atomic E-state index is -1.17. The predicted molar refractivity (Wildman–Crippen MR) is 64.3 cm³/mol. The van der Waals surface area contributed by atoms with Crippen LogP contribution in [0.3, 0.4) is 0 Å². The van der Waals surface area contributed by atoms with Crippen LogP contribution in [0.25, 0.3) is 0 Å². The lowest BCUT2D eigenvalue weighted by Crippen LogP contribution is -2.38. The predicted octanol–water partition coefficient (Wildman–Crippen LogP) is 1.21. The molecule has 0 spiro atoms. The molecule has 0 rings (SSSR count). The normalized spacial score (nSPS) is 10.7. The summed E-state index contributed by atoms with van der Waals surface area (Å²) in [6.07, 6.45) is 4.55. The van der Waals surface area contributed by atoms with Crippen LogP contribution in [0.4, 0.5) is 4.79 Å². The van der Waals surface area contributed by atoms with Gasteiger partial charge in [-0.1, -0.05) is 26.7 Å². The van der Waals surface area contributed by atoms with Gasteiger partial charge >= 0.3 is 0 Å². The molecule has 0 fully saturated rings. The summed E-state index contributed by atoms with van der Waals surface area (Å²) in [5, 5.41) is 12.4. The van der Waals surface area contributed by atoms with E-state index in [1.807, 2.05) is 0 Å². The molecule has 0 saturated heterocycles. The average Bonchev–Trinajstić information content (AvgIpc) is 2.26. The van der Waals surface area contributed by atoms with Gasteiger partial charge in [-0.25, -0.2) is 0 Å². The smallest absolute Gasteiger partial charge is 0.134 e. The third-order valence-electron chi connectivity index (χ3n) is 2.58. The molecule has 16 heavy (non-hydrogen) atoms. The summed E-state index contributed by atoms with van der Waals surface area (Å²) < 4.78 is 0. The second kappa shape index (κ2) is 10.7. The first-order valence-electron chi connectivity index (χ1n) is 6.37. The maximum Gasteiger partial charge on any atom is 0.134 e. The number of unbranched alkanes of at least 4 members (excludes halogenated alkanes) is 2. The van der Waals surface area contributed by atoms with E-state index in [1.165, 1.54) is 25.7 Å². The number of nitrogens with one attached hydrogen (secondary N) is 1. The van der Waals surface area contributed by atoms with Crippen LogP contribution >= 0.6 is 0 Å². The fraction of sp³-hybridized carbons (Fsp3) is 0.917. The van der Waals surface area contributed by atoms with E-state index in [0.29, 0.717) is 6.54 Å². The van der Waals surface area contributed by atoms with Gasteiger partial charge in [-0.3, -0.25) is 0 Å². The summed E-state index contributed by atoms with van der Waals surface area (Å²) in [4.78, 5) is 12.6. The van der Waals surface area contributed by atoms with Gasteiger partial charge in [-0.05, 0) is 38.9 Å². The zero-order chi connectivity index (χ0) is 12.2. The lowest BCUT2D eigenvalue weighted by Gasteiger charge is -2.22. The Morgan fingerprint density at radius 1 is 1.06 bits per heavy atom. The highest BCUT2D eigenvalue weighted by Crippen LogP contribution is 2.00. The number of carbonyl (C=O) groups is 1. The van der Waals surface area contributed by atoms with Crippen LogP contribution in [0, 0.1) is 0 Å². The van der Waals surface area contributed by atoms with Crippen molar-refractivity contribution in [3.8, 4) is 0 Å². The highest BCUT2D eigenvalue weighted by Gasteiger charge is 2.02. The molecule has 0 heterocycles. The van der Waals surface area contributed by atoms with Gasteiger partial charge in [-0.15, -0.1) is 0 Å². The van der Waals surface area contributed by atoms with Gasteiger partial charge < -0.3 is 20.1 Å². The van der Waals surface area contributed by atoms with E-state index in [1.54, 1.807) is 0 Å². The van der Waals surface area contributed by atoms with Gasteiger partial charge in [0.2, 0.25) is 0 Å². The van der Waals surface area contributed by atoms with Crippen molar-refractivity contribution in [2.45, 2.75) is 46.0 Å². The van der Waals surface area contributed by atoms with Gasteiger partial charge in [0.1, 0.15) is 6.09 Å². The van der Waals surface area contributed by atoms with E-state index in [0.717, 1.165) is 26.1 Å². The summed E-state index contributed by atoms with van der Waals surface area (Å²) in [7, 11) is 0. The topological polar surface area (TPSA) is 55.4 Å². The van der Waals surface area contributed by atoms with Crippen LogP contribution in [-0.4, -0.2) is 37.2 Å². The molecule has 0 aromatic heterocycles. The van der Waals surface area contributed by atoms with Gasteiger partial charge in [0.05, 0.1) is 0 Å². The number of carboxylic acid groups (broad SMARTS) is 1. The Hall–Kier alpha value is -0.770. The molecular formula is C12H25N2O2-. The molecule has 0 aliphatic carbocycles. The van der Waals surface area contributed by atoms with Gasteiger partial charge in [0.15, 0.2) is 0 Å². The molecule has 0 atom stereocenters. The molecule has 4 nitrogen and oxygen atoms in total. The number of hydrogen-bond acceptors (Lipinski definition) is 3. The van der Waals surface area contributed by atoms with Crippen molar-refractivity contribution in [2.24, 2.45) is 0 Å². The Morgan fingerprint density at radius 3 is 2.00 bits per heavy atom. The maximum absolute atomic E-state index is 10.2. The van der Waals surface area contributed by atoms with E-state index in [4.69, 9.17) is 0 Å². The second-order valence-electron chi connectivity index (χ2n) is 4.12. The molecule has 0 aliphatic rings. The third-order valence-corrected chi connectivity index (χ3v) is 2.58. The molecule has 1 N–H and O–H groups in total. The first-order chi connectivity index (χ1) is 7.70. The van der Waals surface area contributed by atoms with Gasteiger partial charge in [0, 0.05) is 6.54 Å². The van der Waals surface area contributed by atoms with Crippen molar-refractivity contribution >= 4 is 6.09 Å². The fourth-order valence-electron chi connectivity index (χ4n) is 1.59. The van der Waals surface area contributed by atoms with Crippen molar-refractivity contribution in [1.82, 2.24) is 10.2 Å². The highest BCUT2D eigenvalue weighted by molar-refractivity contribution is 5.61. The number of rotatable bonds is 10. The molecule has 0 aliphatic heterocycles. The quantitative estimate of drug-likeness (QED) is 0.573. The Kier molecular flexibility index (Phi) is 10.2. The summed E-state index contributed by atoms with van der Waals surface area (Å²) in [5.41, 5.74) is 0. The Morgan fingerprint density at radius 2 is 1.56 bits per heavy atom. The van der Waals surface area contributed by atoms with E-state index < -0.39 is 6.09 Å². The Balaban J connectivity index is 3.59. The molecule has 0 aromatic rings. The maximum atomic E-state index is 10.2. The minimum Gasteiger partial charge on any atom is -0.530 e. The van der Waals surface area contributed by atoms with Crippen LogP contribution in [0.15, 0.2) is 0 Å². The molecule has 0 aromatic carbocycles. The lowest BCUT2D eigenvalue weighted by molar-refractivity contribution is -0.250. The standard InChI is InChI=1S/C12H26N2O2/c1-3-5-9-14(10-6-4-2)11-7-8-13-12(15)16/h13H,3-11H2,1-2H3,(H,15,16)/p-1. The number of amides is 1. The summed E-state index contributed by atoms with van der Waals surface area (Å²) in [6.45, 7) is 8.10. The largest absolute Gasteiger partial charge is 0.530 e. The van der Waals surface area contributed by atoms with Crippen LogP contribution in [-0.2, 0) is 0 Å². The monoisotopic (exact) mass is 229 g/mol. The number of hydrogen-bond donors (Lipinski definition) is 1. The first kappa shape index (κ1) is 15.2. The molecule has 4 heteroatoms. The molecular weight excluding hydrogens is 204 g/mol. The van der Waals surface area contributed by atoms with E-state index in [2.05, 4.69) is 24.1 Å². The van der Waals surface area contributed by atoms with Crippen LogP contribution in [0.2, 0.25) is 0 Å². The average molecular weight is 229 g/mol. The third kappa shape index (κ3) is 9.77. The molecule has 0 unspecified atom stereocenters. The van der Waals surface area contributed by atoms with Crippen LogP contribution in [0.5, 0.6) is 0 Å².